The number of rotatable bonds is 0. The van der Waals surface area contributed by atoms with Crippen molar-refractivity contribution in [3.8, 4) is 0 Å². The molecule has 2 heterocycles. The molecular formula is C11H14N2. The lowest BCUT2D eigenvalue weighted by Crippen LogP contribution is -1.92. The van der Waals surface area contributed by atoms with E-state index in [1.807, 2.05) is 6.20 Å². The highest BCUT2D eigenvalue weighted by Crippen LogP contribution is 2.22. The van der Waals surface area contributed by atoms with Gasteiger partial charge in [-0.05, 0) is 38.0 Å². The fourth-order valence-corrected chi connectivity index (χ4v) is 1.71. The minimum absolute atomic E-state index is 1.08. The molecule has 0 atom stereocenters. The van der Waals surface area contributed by atoms with Crippen LogP contribution in [0.2, 0.25) is 0 Å². The van der Waals surface area contributed by atoms with E-state index in [0.29, 0.717) is 0 Å². The van der Waals surface area contributed by atoms with Crippen LogP contribution in [0.25, 0.3) is 11.0 Å². The van der Waals surface area contributed by atoms with Gasteiger partial charge in [-0.2, -0.15) is 0 Å². The van der Waals surface area contributed by atoms with Gasteiger partial charge in [-0.25, -0.2) is 4.98 Å². The van der Waals surface area contributed by atoms with Crippen LogP contribution in [0, 0.1) is 20.8 Å². The molecule has 0 spiro atoms. The lowest BCUT2D eigenvalue weighted by Gasteiger charge is -1.97. The Balaban J connectivity index is 2.95. The Hall–Kier alpha value is -1.31. The average Bonchev–Trinajstić information content (AvgIpc) is 2.32. The largest absolute Gasteiger partial charge is 0.333 e. The fraction of sp³-hybridized carbons (Fsp3) is 0.364. The van der Waals surface area contributed by atoms with Crippen molar-refractivity contribution in [2.75, 3.05) is 0 Å². The Morgan fingerprint density at radius 2 is 1.92 bits per heavy atom. The second kappa shape index (κ2) is 2.59. The molecule has 0 aromatic carbocycles. The van der Waals surface area contributed by atoms with Crippen LogP contribution in [0.4, 0.5) is 0 Å². The maximum absolute atomic E-state index is 4.42. The smallest absolute Gasteiger partial charge is 0.140 e. The van der Waals surface area contributed by atoms with Crippen LogP contribution >= 0.6 is 0 Å². The molecule has 2 rings (SSSR count). The third kappa shape index (κ3) is 1.05. The number of aromatic nitrogens is 2. The molecule has 13 heavy (non-hydrogen) atoms. The maximum Gasteiger partial charge on any atom is 0.140 e. The van der Waals surface area contributed by atoms with Crippen LogP contribution in [0.5, 0.6) is 0 Å². The highest BCUT2D eigenvalue weighted by Gasteiger charge is 2.08. The van der Waals surface area contributed by atoms with E-state index in [9.17, 15) is 0 Å². The minimum atomic E-state index is 1.08. The van der Waals surface area contributed by atoms with Crippen molar-refractivity contribution in [2.45, 2.75) is 20.8 Å². The van der Waals surface area contributed by atoms with Crippen molar-refractivity contribution >= 4 is 11.0 Å². The Kier molecular flexibility index (Phi) is 1.65. The molecule has 0 aliphatic carbocycles. The number of hydrogen-bond acceptors (Lipinski definition) is 1. The van der Waals surface area contributed by atoms with Crippen molar-refractivity contribution in [3.63, 3.8) is 0 Å². The Morgan fingerprint density at radius 3 is 2.62 bits per heavy atom. The molecule has 0 N–H and O–H groups in total. The lowest BCUT2D eigenvalue weighted by atomic mass is 10.2. The topological polar surface area (TPSA) is 17.8 Å². The zero-order chi connectivity index (χ0) is 9.59. The highest BCUT2D eigenvalue weighted by atomic mass is 15.0. The second-order valence-corrected chi connectivity index (χ2v) is 3.65. The molecule has 0 unspecified atom stereocenters. The molecule has 0 bridgehead atoms. The van der Waals surface area contributed by atoms with Crippen LogP contribution in [-0.4, -0.2) is 9.55 Å². The number of nitrogens with zero attached hydrogens (tertiary/aromatic N) is 2. The molecular weight excluding hydrogens is 160 g/mol. The van der Waals surface area contributed by atoms with Crippen LogP contribution in [0.3, 0.4) is 0 Å². The van der Waals surface area contributed by atoms with Crippen molar-refractivity contribution in [1.29, 1.82) is 0 Å². The first kappa shape index (κ1) is 8.30. The van der Waals surface area contributed by atoms with Crippen LogP contribution in [-0.2, 0) is 7.05 Å². The lowest BCUT2D eigenvalue weighted by molar-refractivity contribution is 0.895. The SMILES string of the molecule is Cc1cnc2c(c1)c(C)c(C)n2C. The predicted octanol–water partition coefficient (Wildman–Crippen LogP) is 2.50. The van der Waals surface area contributed by atoms with E-state index in [1.54, 1.807) is 0 Å². The third-order valence-corrected chi connectivity index (χ3v) is 2.77. The molecule has 2 aromatic heterocycles. The van der Waals surface area contributed by atoms with Gasteiger partial charge in [0.15, 0.2) is 0 Å². The summed E-state index contributed by atoms with van der Waals surface area (Å²) in [4.78, 5) is 4.42. The molecule has 2 heteroatoms. The molecule has 0 saturated heterocycles. The zero-order valence-electron chi connectivity index (χ0n) is 8.55. The summed E-state index contributed by atoms with van der Waals surface area (Å²) >= 11 is 0. The molecule has 2 aromatic rings. The Morgan fingerprint density at radius 1 is 1.23 bits per heavy atom. The van der Waals surface area contributed by atoms with Gasteiger partial charge < -0.3 is 4.57 Å². The van der Waals surface area contributed by atoms with Gasteiger partial charge in [0.05, 0.1) is 0 Å². The third-order valence-electron chi connectivity index (χ3n) is 2.77. The van der Waals surface area contributed by atoms with Gasteiger partial charge in [0.2, 0.25) is 0 Å². The summed E-state index contributed by atoms with van der Waals surface area (Å²) in [7, 11) is 2.06. The van der Waals surface area contributed by atoms with Gasteiger partial charge in [0.25, 0.3) is 0 Å². The molecule has 0 amide bonds. The van der Waals surface area contributed by atoms with E-state index >= 15 is 0 Å². The van der Waals surface area contributed by atoms with Gasteiger partial charge in [-0.15, -0.1) is 0 Å². The summed E-state index contributed by atoms with van der Waals surface area (Å²) in [6.45, 7) is 6.36. The van der Waals surface area contributed by atoms with E-state index in [-0.39, 0.29) is 0 Å². The molecule has 0 saturated carbocycles. The molecule has 68 valence electrons. The first-order valence-electron chi connectivity index (χ1n) is 4.49. The van der Waals surface area contributed by atoms with Gasteiger partial charge in [0.1, 0.15) is 5.65 Å². The Bertz CT molecular complexity index is 466. The Labute approximate surface area is 78.2 Å². The van der Waals surface area contributed by atoms with Gasteiger partial charge >= 0.3 is 0 Å². The average molecular weight is 174 g/mol. The summed E-state index contributed by atoms with van der Waals surface area (Å²) in [5, 5.41) is 1.28. The molecule has 2 nitrogen and oxygen atoms in total. The van der Waals surface area contributed by atoms with Crippen LogP contribution in [0.15, 0.2) is 12.3 Å². The summed E-state index contributed by atoms with van der Waals surface area (Å²) in [5.74, 6) is 0. The summed E-state index contributed by atoms with van der Waals surface area (Å²) in [6.07, 6.45) is 1.92. The van der Waals surface area contributed by atoms with E-state index in [2.05, 4.69) is 43.4 Å². The van der Waals surface area contributed by atoms with Crippen molar-refractivity contribution < 1.29 is 0 Å². The summed E-state index contributed by atoms with van der Waals surface area (Å²) < 4.78 is 2.14. The first-order chi connectivity index (χ1) is 6.11. The van der Waals surface area contributed by atoms with E-state index in [1.165, 1.54) is 22.2 Å². The van der Waals surface area contributed by atoms with E-state index in [4.69, 9.17) is 0 Å². The first-order valence-corrected chi connectivity index (χ1v) is 4.49. The highest BCUT2D eigenvalue weighted by molar-refractivity contribution is 5.82. The van der Waals surface area contributed by atoms with Crippen LogP contribution in [0.1, 0.15) is 16.8 Å². The number of aryl methyl sites for hydroxylation is 3. The fourth-order valence-electron chi connectivity index (χ4n) is 1.71. The van der Waals surface area contributed by atoms with E-state index in [0.717, 1.165) is 5.65 Å². The number of hydrogen-bond donors (Lipinski definition) is 0. The van der Waals surface area contributed by atoms with Crippen molar-refractivity contribution in [3.05, 3.63) is 29.1 Å². The van der Waals surface area contributed by atoms with E-state index < -0.39 is 0 Å². The number of fused-ring (bicyclic) bond motifs is 1. The van der Waals surface area contributed by atoms with Crippen LogP contribution < -0.4 is 0 Å². The minimum Gasteiger partial charge on any atom is -0.333 e. The standard InChI is InChI=1S/C11H14N2/c1-7-5-10-8(2)9(3)13(4)11(10)12-6-7/h5-6H,1-4H3. The molecule has 0 radical (unpaired) electrons. The second-order valence-electron chi connectivity index (χ2n) is 3.65. The quantitative estimate of drug-likeness (QED) is 0.600. The summed E-state index contributed by atoms with van der Waals surface area (Å²) in [5.41, 5.74) is 4.95. The molecule has 0 fully saturated rings. The summed E-state index contributed by atoms with van der Waals surface area (Å²) in [6, 6.07) is 2.20. The van der Waals surface area contributed by atoms with Crippen molar-refractivity contribution in [1.82, 2.24) is 9.55 Å². The van der Waals surface area contributed by atoms with Gasteiger partial charge in [0, 0.05) is 24.3 Å². The maximum atomic E-state index is 4.42. The molecule has 0 aliphatic heterocycles. The number of pyridine rings is 1. The van der Waals surface area contributed by atoms with Gasteiger partial charge in [-0.1, -0.05) is 0 Å². The molecule has 0 aliphatic rings. The van der Waals surface area contributed by atoms with Crippen molar-refractivity contribution in [2.24, 2.45) is 7.05 Å². The monoisotopic (exact) mass is 174 g/mol. The predicted molar refractivity (Wildman–Crippen MR) is 54.9 cm³/mol. The normalized spacial score (nSPS) is 11.1. The van der Waals surface area contributed by atoms with Gasteiger partial charge in [-0.3, -0.25) is 0 Å². The zero-order valence-corrected chi connectivity index (χ0v) is 8.55.